The van der Waals surface area contributed by atoms with Crippen LogP contribution in [-0.4, -0.2) is 28.0 Å². The first-order valence-corrected chi connectivity index (χ1v) is 6.98. The molecule has 1 aliphatic carbocycles. The predicted molar refractivity (Wildman–Crippen MR) is 91.1 cm³/mol. The summed E-state index contributed by atoms with van der Waals surface area (Å²) in [6, 6.07) is 5.92. The van der Waals surface area contributed by atoms with E-state index in [-0.39, 0.29) is 42.6 Å². The maximum atomic E-state index is 13.0. The molecule has 1 aromatic heterocycles. The van der Waals surface area contributed by atoms with Gasteiger partial charge in [0.2, 0.25) is 0 Å². The minimum absolute atomic E-state index is 0. The topological polar surface area (TPSA) is 72.9 Å². The van der Waals surface area contributed by atoms with Gasteiger partial charge in [0.1, 0.15) is 11.5 Å². The second-order valence-electron chi connectivity index (χ2n) is 5.28. The lowest BCUT2D eigenvalue weighted by molar-refractivity contribution is 0.0926. The number of carbonyl (C=O) groups is 1. The molecule has 3 rings (SSSR count). The molecule has 1 saturated carbocycles. The second-order valence-corrected chi connectivity index (χ2v) is 5.28. The number of aromatic nitrogens is 2. The molecule has 1 heterocycles. The summed E-state index contributed by atoms with van der Waals surface area (Å²) in [6.07, 6.45) is 5.26. The number of benzene rings is 1. The Hall–Kier alpha value is -1.63. The van der Waals surface area contributed by atoms with Crippen molar-refractivity contribution in [3.8, 4) is 5.69 Å². The Morgan fingerprint density at radius 1 is 1.35 bits per heavy atom. The summed E-state index contributed by atoms with van der Waals surface area (Å²) in [6.45, 7) is 0.432. The minimum Gasteiger partial charge on any atom is -0.346 e. The molecule has 1 atom stereocenters. The molecule has 5 nitrogen and oxygen atoms in total. The first-order chi connectivity index (χ1) is 10.2. The summed E-state index contributed by atoms with van der Waals surface area (Å²) >= 11 is 0. The number of hydrogen-bond donors (Lipinski definition) is 2. The van der Waals surface area contributed by atoms with Gasteiger partial charge in [-0.2, -0.15) is 0 Å². The maximum absolute atomic E-state index is 13.0. The Kier molecular flexibility index (Phi) is 7.00. The van der Waals surface area contributed by atoms with Crippen molar-refractivity contribution in [3.05, 3.63) is 48.3 Å². The fourth-order valence-corrected chi connectivity index (χ4v) is 2.38. The normalized spacial score (nSPS) is 14.3. The van der Waals surface area contributed by atoms with Crippen molar-refractivity contribution in [1.82, 2.24) is 14.9 Å². The fraction of sp³-hybridized carbons (Fsp3) is 0.333. The van der Waals surface area contributed by atoms with E-state index in [9.17, 15) is 9.18 Å². The SMILES string of the molecule is Cl.Cl.NCC(NC(=O)c1cncn1-c1ccc(F)cc1)C1CC1. The molecule has 0 spiro atoms. The van der Waals surface area contributed by atoms with Crippen LogP contribution in [0.4, 0.5) is 4.39 Å². The molecule has 1 aliphatic rings. The van der Waals surface area contributed by atoms with Crippen LogP contribution in [0.2, 0.25) is 0 Å². The number of nitrogens with two attached hydrogens (primary N) is 1. The van der Waals surface area contributed by atoms with Crippen LogP contribution in [0.3, 0.4) is 0 Å². The summed E-state index contributed by atoms with van der Waals surface area (Å²) in [5.41, 5.74) is 6.81. The van der Waals surface area contributed by atoms with Crippen LogP contribution in [0.1, 0.15) is 23.3 Å². The van der Waals surface area contributed by atoms with Crippen molar-refractivity contribution >= 4 is 30.7 Å². The lowest BCUT2D eigenvalue weighted by atomic mass is 10.2. The number of nitrogens with one attached hydrogen (secondary N) is 1. The zero-order valence-electron chi connectivity index (χ0n) is 12.3. The number of halogens is 3. The minimum atomic E-state index is -0.318. The number of imidazole rings is 1. The van der Waals surface area contributed by atoms with E-state index >= 15 is 0 Å². The molecule has 2 aromatic rings. The highest BCUT2D eigenvalue weighted by atomic mass is 35.5. The van der Waals surface area contributed by atoms with Gasteiger partial charge in [-0.25, -0.2) is 9.37 Å². The van der Waals surface area contributed by atoms with Gasteiger partial charge in [0, 0.05) is 18.3 Å². The van der Waals surface area contributed by atoms with Gasteiger partial charge in [-0.05, 0) is 43.0 Å². The van der Waals surface area contributed by atoms with Crippen molar-refractivity contribution in [1.29, 1.82) is 0 Å². The first-order valence-electron chi connectivity index (χ1n) is 6.98. The van der Waals surface area contributed by atoms with Crippen molar-refractivity contribution < 1.29 is 9.18 Å². The van der Waals surface area contributed by atoms with E-state index in [2.05, 4.69) is 10.3 Å². The maximum Gasteiger partial charge on any atom is 0.270 e. The van der Waals surface area contributed by atoms with E-state index in [0.717, 1.165) is 12.8 Å². The first kappa shape index (κ1) is 19.4. The van der Waals surface area contributed by atoms with Crippen molar-refractivity contribution in [3.63, 3.8) is 0 Å². The van der Waals surface area contributed by atoms with E-state index in [0.29, 0.717) is 23.8 Å². The summed E-state index contributed by atoms with van der Waals surface area (Å²) in [4.78, 5) is 16.4. The van der Waals surface area contributed by atoms with Gasteiger partial charge in [0.15, 0.2) is 0 Å². The third-order valence-electron chi connectivity index (χ3n) is 3.74. The summed E-state index contributed by atoms with van der Waals surface area (Å²) < 4.78 is 14.6. The standard InChI is InChI=1S/C15H17FN4O.2ClH/c16-11-3-5-12(6-4-11)20-9-18-8-14(20)15(21)19-13(7-17)10-1-2-10;;/h3-6,8-10,13H,1-2,7,17H2,(H,19,21);2*1H. The van der Waals surface area contributed by atoms with Crippen molar-refractivity contribution in [2.24, 2.45) is 11.7 Å². The lowest BCUT2D eigenvalue weighted by Crippen LogP contribution is -2.42. The van der Waals surface area contributed by atoms with Crippen LogP contribution in [0.15, 0.2) is 36.8 Å². The highest BCUT2D eigenvalue weighted by Crippen LogP contribution is 2.32. The zero-order chi connectivity index (χ0) is 14.8. The predicted octanol–water partition coefficient (Wildman–Crippen LogP) is 2.32. The van der Waals surface area contributed by atoms with Crippen molar-refractivity contribution in [2.75, 3.05) is 6.54 Å². The molecule has 1 unspecified atom stereocenters. The molecule has 1 aromatic carbocycles. The Morgan fingerprint density at radius 3 is 2.57 bits per heavy atom. The molecule has 126 valence electrons. The number of nitrogens with zero attached hydrogens (tertiary/aromatic N) is 2. The average molecular weight is 361 g/mol. The fourth-order valence-electron chi connectivity index (χ4n) is 2.38. The van der Waals surface area contributed by atoms with Crippen LogP contribution < -0.4 is 11.1 Å². The van der Waals surface area contributed by atoms with E-state index < -0.39 is 0 Å². The Morgan fingerprint density at radius 2 is 2.00 bits per heavy atom. The van der Waals surface area contributed by atoms with E-state index in [1.807, 2.05) is 0 Å². The molecule has 23 heavy (non-hydrogen) atoms. The van der Waals surface area contributed by atoms with Gasteiger partial charge >= 0.3 is 0 Å². The molecule has 8 heteroatoms. The summed E-state index contributed by atoms with van der Waals surface area (Å²) in [5, 5.41) is 2.95. The number of hydrogen-bond acceptors (Lipinski definition) is 3. The van der Waals surface area contributed by atoms with Gasteiger partial charge in [0.25, 0.3) is 5.91 Å². The van der Waals surface area contributed by atoms with Gasteiger partial charge in [-0.15, -0.1) is 24.8 Å². The molecule has 0 radical (unpaired) electrons. The molecule has 1 amide bonds. The van der Waals surface area contributed by atoms with Crippen LogP contribution >= 0.6 is 24.8 Å². The van der Waals surface area contributed by atoms with Gasteiger partial charge in [-0.3, -0.25) is 9.36 Å². The number of amides is 1. The van der Waals surface area contributed by atoms with E-state index in [1.165, 1.54) is 24.7 Å². The highest BCUT2D eigenvalue weighted by Gasteiger charge is 2.31. The second kappa shape index (κ2) is 8.29. The van der Waals surface area contributed by atoms with Gasteiger partial charge in [0.05, 0.1) is 12.5 Å². The van der Waals surface area contributed by atoms with Crippen LogP contribution in [0.25, 0.3) is 5.69 Å². The van der Waals surface area contributed by atoms with Crippen LogP contribution in [-0.2, 0) is 0 Å². The van der Waals surface area contributed by atoms with E-state index in [4.69, 9.17) is 5.73 Å². The van der Waals surface area contributed by atoms with Gasteiger partial charge in [-0.1, -0.05) is 0 Å². The lowest BCUT2D eigenvalue weighted by Gasteiger charge is -2.16. The van der Waals surface area contributed by atoms with Crippen LogP contribution in [0.5, 0.6) is 0 Å². The third kappa shape index (κ3) is 4.43. The Labute approximate surface area is 146 Å². The molecular formula is C15H19Cl2FN4O. The summed E-state index contributed by atoms with van der Waals surface area (Å²) in [5.74, 6) is -0.0397. The molecule has 0 bridgehead atoms. The number of rotatable bonds is 5. The largest absolute Gasteiger partial charge is 0.346 e. The molecule has 1 fully saturated rings. The molecule has 0 aliphatic heterocycles. The van der Waals surface area contributed by atoms with Crippen molar-refractivity contribution in [2.45, 2.75) is 18.9 Å². The molecular weight excluding hydrogens is 342 g/mol. The monoisotopic (exact) mass is 360 g/mol. The molecule has 0 saturated heterocycles. The van der Waals surface area contributed by atoms with E-state index in [1.54, 1.807) is 16.7 Å². The number of carbonyl (C=O) groups excluding carboxylic acids is 1. The zero-order valence-corrected chi connectivity index (χ0v) is 13.9. The highest BCUT2D eigenvalue weighted by molar-refractivity contribution is 5.93. The summed E-state index contributed by atoms with van der Waals surface area (Å²) in [7, 11) is 0. The molecule has 3 N–H and O–H groups in total. The quantitative estimate of drug-likeness (QED) is 0.859. The average Bonchev–Trinajstić information content (AvgIpc) is 3.21. The van der Waals surface area contributed by atoms with Crippen LogP contribution in [0, 0.1) is 11.7 Å². The third-order valence-corrected chi connectivity index (χ3v) is 3.74. The Balaban J connectivity index is 0.00000132. The smallest absolute Gasteiger partial charge is 0.270 e. The Bertz CT molecular complexity index is 643. The van der Waals surface area contributed by atoms with Gasteiger partial charge < -0.3 is 11.1 Å².